The van der Waals surface area contributed by atoms with E-state index >= 15 is 0 Å². The number of benzene rings is 2. The lowest BCUT2D eigenvalue weighted by Gasteiger charge is -2.27. The zero-order valence-electron chi connectivity index (χ0n) is 15.3. The van der Waals surface area contributed by atoms with E-state index in [0.29, 0.717) is 12.8 Å². The van der Waals surface area contributed by atoms with Gasteiger partial charge in [0.05, 0.1) is 6.04 Å². The van der Waals surface area contributed by atoms with Gasteiger partial charge < -0.3 is 4.74 Å². The van der Waals surface area contributed by atoms with Gasteiger partial charge in [-0.05, 0) is 29.9 Å². The maximum Gasteiger partial charge on any atom is 0.416 e. The molecule has 1 aliphatic rings. The van der Waals surface area contributed by atoms with E-state index in [1.807, 2.05) is 74.5 Å². The van der Waals surface area contributed by atoms with E-state index in [0.717, 1.165) is 11.1 Å². The van der Waals surface area contributed by atoms with Crippen LogP contribution in [0, 0.1) is 11.8 Å². The molecule has 1 fully saturated rings. The van der Waals surface area contributed by atoms with Crippen LogP contribution in [0.15, 0.2) is 60.7 Å². The number of hydrogen-bond donors (Lipinski definition) is 0. The fraction of sp³-hybridized carbons (Fsp3) is 0.364. The predicted molar refractivity (Wildman–Crippen MR) is 101 cm³/mol. The molecule has 1 heterocycles. The lowest BCUT2D eigenvalue weighted by Crippen LogP contribution is -2.45. The SMILES string of the molecule is CC(C)[C@@H](Cc1ccccc1)C(=O)N1C(=O)OC[C@H]1Cc1ccccc1. The molecule has 0 aromatic heterocycles. The Balaban J connectivity index is 1.78. The number of nitrogens with zero attached hydrogens (tertiary/aromatic N) is 1. The van der Waals surface area contributed by atoms with E-state index in [-0.39, 0.29) is 30.4 Å². The molecule has 2 aromatic carbocycles. The third-order valence-electron chi connectivity index (χ3n) is 4.93. The number of hydrogen-bond acceptors (Lipinski definition) is 3. The zero-order chi connectivity index (χ0) is 18.5. The van der Waals surface area contributed by atoms with Gasteiger partial charge in [0.25, 0.3) is 0 Å². The molecule has 4 heteroatoms. The Bertz CT molecular complexity index is 742. The van der Waals surface area contributed by atoms with Crippen molar-refractivity contribution in [1.29, 1.82) is 0 Å². The number of carbonyl (C=O) groups is 2. The summed E-state index contributed by atoms with van der Waals surface area (Å²) < 4.78 is 5.22. The second kappa shape index (κ2) is 8.17. The zero-order valence-corrected chi connectivity index (χ0v) is 15.3. The molecule has 1 saturated heterocycles. The van der Waals surface area contributed by atoms with Crippen LogP contribution in [-0.4, -0.2) is 29.5 Å². The monoisotopic (exact) mass is 351 g/mol. The van der Waals surface area contributed by atoms with Crippen molar-refractivity contribution in [2.75, 3.05) is 6.61 Å². The number of cyclic esters (lactones) is 1. The Labute approximate surface area is 154 Å². The average Bonchev–Trinajstić information content (AvgIpc) is 3.01. The number of carbonyl (C=O) groups excluding carboxylic acids is 2. The van der Waals surface area contributed by atoms with Crippen LogP contribution in [0.1, 0.15) is 25.0 Å². The van der Waals surface area contributed by atoms with Gasteiger partial charge in [-0.1, -0.05) is 74.5 Å². The van der Waals surface area contributed by atoms with Crippen molar-refractivity contribution in [2.24, 2.45) is 11.8 Å². The van der Waals surface area contributed by atoms with E-state index in [4.69, 9.17) is 4.74 Å². The van der Waals surface area contributed by atoms with Crippen molar-refractivity contribution >= 4 is 12.0 Å². The van der Waals surface area contributed by atoms with Gasteiger partial charge in [-0.3, -0.25) is 4.79 Å². The molecule has 26 heavy (non-hydrogen) atoms. The molecular formula is C22H25NO3. The van der Waals surface area contributed by atoms with Crippen molar-refractivity contribution in [1.82, 2.24) is 4.90 Å². The Morgan fingerprint density at radius 2 is 1.62 bits per heavy atom. The standard InChI is InChI=1S/C22H25NO3/c1-16(2)20(14-18-11-7-4-8-12-18)21(24)23-19(15-26-22(23)25)13-17-9-5-3-6-10-17/h3-12,16,19-20H,13-15H2,1-2H3/t19-,20-/m1/s1. The Hall–Kier alpha value is -2.62. The van der Waals surface area contributed by atoms with E-state index < -0.39 is 6.09 Å². The summed E-state index contributed by atoms with van der Waals surface area (Å²) in [6.45, 7) is 4.31. The molecule has 2 atom stereocenters. The minimum Gasteiger partial charge on any atom is -0.447 e. The van der Waals surface area contributed by atoms with Crippen molar-refractivity contribution in [3.05, 3.63) is 71.8 Å². The summed E-state index contributed by atoms with van der Waals surface area (Å²) in [6, 6.07) is 19.6. The first-order chi connectivity index (χ1) is 12.6. The summed E-state index contributed by atoms with van der Waals surface area (Å²) in [5, 5.41) is 0. The molecule has 3 rings (SSSR count). The second-order valence-electron chi connectivity index (χ2n) is 7.17. The van der Waals surface area contributed by atoms with Crippen LogP contribution >= 0.6 is 0 Å². The van der Waals surface area contributed by atoms with Gasteiger partial charge in [-0.15, -0.1) is 0 Å². The third-order valence-corrected chi connectivity index (χ3v) is 4.93. The molecule has 0 N–H and O–H groups in total. The lowest BCUT2D eigenvalue weighted by molar-refractivity contribution is -0.134. The topological polar surface area (TPSA) is 46.6 Å². The number of amides is 2. The maximum absolute atomic E-state index is 13.2. The van der Waals surface area contributed by atoms with Crippen molar-refractivity contribution in [3.8, 4) is 0 Å². The minimum absolute atomic E-state index is 0.132. The number of ether oxygens (including phenoxy) is 1. The highest BCUT2D eigenvalue weighted by Crippen LogP contribution is 2.25. The molecule has 0 spiro atoms. The first kappa shape index (κ1) is 18.2. The highest BCUT2D eigenvalue weighted by atomic mass is 16.6. The Morgan fingerprint density at radius 3 is 2.19 bits per heavy atom. The van der Waals surface area contributed by atoms with Crippen molar-refractivity contribution in [2.45, 2.75) is 32.7 Å². The van der Waals surface area contributed by atoms with Crippen LogP contribution in [0.2, 0.25) is 0 Å². The van der Waals surface area contributed by atoms with E-state index in [1.54, 1.807) is 0 Å². The summed E-state index contributed by atoms with van der Waals surface area (Å²) >= 11 is 0. The first-order valence-electron chi connectivity index (χ1n) is 9.14. The van der Waals surface area contributed by atoms with E-state index in [2.05, 4.69) is 0 Å². The summed E-state index contributed by atoms with van der Waals surface area (Å²) in [5.41, 5.74) is 2.20. The van der Waals surface area contributed by atoms with Gasteiger partial charge in [-0.2, -0.15) is 0 Å². The van der Waals surface area contributed by atoms with Gasteiger partial charge in [0.1, 0.15) is 6.61 Å². The lowest BCUT2D eigenvalue weighted by atomic mass is 9.87. The predicted octanol–water partition coefficient (Wildman–Crippen LogP) is 4.09. The normalized spacial score (nSPS) is 18.0. The van der Waals surface area contributed by atoms with Crippen LogP contribution in [0.5, 0.6) is 0 Å². The van der Waals surface area contributed by atoms with Crippen molar-refractivity contribution < 1.29 is 14.3 Å². The van der Waals surface area contributed by atoms with Crippen molar-refractivity contribution in [3.63, 3.8) is 0 Å². The molecule has 0 bridgehead atoms. The maximum atomic E-state index is 13.2. The first-order valence-corrected chi connectivity index (χ1v) is 9.14. The van der Waals surface area contributed by atoms with Crippen LogP contribution < -0.4 is 0 Å². The molecule has 0 saturated carbocycles. The molecule has 0 radical (unpaired) electrons. The summed E-state index contributed by atoms with van der Waals surface area (Å²) in [5.74, 6) is -0.248. The molecule has 2 aromatic rings. The smallest absolute Gasteiger partial charge is 0.416 e. The Morgan fingerprint density at radius 1 is 1.04 bits per heavy atom. The van der Waals surface area contributed by atoms with Gasteiger partial charge in [0.2, 0.25) is 5.91 Å². The quantitative estimate of drug-likeness (QED) is 0.787. The molecule has 0 unspecified atom stereocenters. The van der Waals surface area contributed by atoms with Gasteiger partial charge in [0, 0.05) is 5.92 Å². The summed E-state index contributed by atoms with van der Waals surface area (Å²) in [6.07, 6.45) is 0.725. The summed E-state index contributed by atoms with van der Waals surface area (Å²) in [7, 11) is 0. The Kier molecular flexibility index (Phi) is 5.71. The van der Waals surface area contributed by atoms with Gasteiger partial charge in [0.15, 0.2) is 0 Å². The van der Waals surface area contributed by atoms with Crippen LogP contribution in [0.4, 0.5) is 4.79 Å². The largest absolute Gasteiger partial charge is 0.447 e. The third kappa shape index (κ3) is 4.13. The average molecular weight is 351 g/mol. The van der Waals surface area contributed by atoms with Crippen LogP contribution in [0.25, 0.3) is 0 Å². The fourth-order valence-electron chi connectivity index (χ4n) is 3.42. The highest BCUT2D eigenvalue weighted by Gasteiger charge is 2.41. The molecule has 4 nitrogen and oxygen atoms in total. The van der Waals surface area contributed by atoms with Crippen LogP contribution in [0.3, 0.4) is 0 Å². The van der Waals surface area contributed by atoms with E-state index in [1.165, 1.54) is 4.90 Å². The molecule has 136 valence electrons. The van der Waals surface area contributed by atoms with Gasteiger partial charge >= 0.3 is 6.09 Å². The minimum atomic E-state index is -0.519. The highest BCUT2D eigenvalue weighted by molar-refractivity contribution is 5.95. The second-order valence-corrected chi connectivity index (χ2v) is 7.17. The molecule has 2 amide bonds. The fourth-order valence-corrected chi connectivity index (χ4v) is 3.42. The molecule has 1 aliphatic heterocycles. The van der Waals surface area contributed by atoms with E-state index in [9.17, 15) is 9.59 Å². The number of imide groups is 1. The van der Waals surface area contributed by atoms with Gasteiger partial charge in [-0.25, -0.2) is 9.69 Å². The number of rotatable bonds is 6. The van der Waals surface area contributed by atoms with Crippen LogP contribution in [-0.2, 0) is 22.4 Å². The molecule has 0 aliphatic carbocycles. The summed E-state index contributed by atoms with van der Waals surface area (Å²) in [4.78, 5) is 26.9. The molecular weight excluding hydrogens is 326 g/mol.